The second-order valence-corrected chi connectivity index (χ2v) is 4.21. The number of rotatable bonds is 6. The summed E-state index contributed by atoms with van der Waals surface area (Å²) in [6.45, 7) is 6.00. The molecule has 0 fully saturated rings. The van der Waals surface area contributed by atoms with Gasteiger partial charge >= 0.3 is 0 Å². The van der Waals surface area contributed by atoms with E-state index in [1.165, 1.54) is 4.90 Å². The van der Waals surface area contributed by atoms with Crippen molar-refractivity contribution >= 4 is 11.8 Å². The van der Waals surface area contributed by atoms with Crippen LogP contribution in [0.3, 0.4) is 0 Å². The van der Waals surface area contributed by atoms with Gasteiger partial charge in [-0.05, 0) is 20.3 Å². The van der Waals surface area contributed by atoms with Gasteiger partial charge in [-0.3, -0.25) is 9.59 Å². The Balaban J connectivity index is 3.92. The zero-order valence-electron chi connectivity index (χ0n) is 10.8. The fraction of sp³-hybridized carbons (Fsp3) is 0.818. The third-order valence-electron chi connectivity index (χ3n) is 2.41. The maximum absolute atomic E-state index is 11.5. The molecule has 0 spiro atoms. The Kier molecular flexibility index (Phi) is 6.72. The molecule has 0 bridgehead atoms. The molecule has 16 heavy (non-hydrogen) atoms. The van der Waals surface area contributed by atoms with E-state index in [1.807, 2.05) is 13.8 Å². The number of likely N-dealkylation sites (N-methyl/N-ethyl adjacent to an activating group) is 1. The Morgan fingerprint density at radius 2 is 1.81 bits per heavy atom. The Hall–Kier alpha value is -1.10. The van der Waals surface area contributed by atoms with Crippen molar-refractivity contribution in [1.29, 1.82) is 0 Å². The number of nitrogens with zero attached hydrogens (tertiary/aromatic N) is 1. The molecule has 0 rings (SSSR count). The normalized spacial score (nSPS) is 14.1. The van der Waals surface area contributed by atoms with E-state index in [1.54, 1.807) is 21.0 Å². The van der Waals surface area contributed by atoms with Crippen LogP contribution in [-0.4, -0.2) is 49.4 Å². The van der Waals surface area contributed by atoms with E-state index in [-0.39, 0.29) is 18.4 Å². The van der Waals surface area contributed by atoms with Gasteiger partial charge in [-0.25, -0.2) is 0 Å². The fourth-order valence-corrected chi connectivity index (χ4v) is 1.15. The van der Waals surface area contributed by atoms with Crippen molar-refractivity contribution in [3.63, 3.8) is 0 Å². The number of carbonyl (C=O) groups excluding carboxylic acids is 2. The third-order valence-corrected chi connectivity index (χ3v) is 2.41. The number of nitrogens with one attached hydrogen (secondary N) is 2. The summed E-state index contributed by atoms with van der Waals surface area (Å²) in [5.41, 5.74) is 0. The van der Waals surface area contributed by atoms with Crippen LogP contribution in [0.4, 0.5) is 0 Å². The number of amides is 2. The van der Waals surface area contributed by atoms with E-state index in [9.17, 15) is 9.59 Å². The topological polar surface area (TPSA) is 61.4 Å². The van der Waals surface area contributed by atoms with E-state index in [0.717, 1.165) is 6.42 Å². The molecule has 5 heteroatoms. The largest absolute Gasteiger partial charge is 0.347 e. The van der Waals surface area contributed by atoms with Gasteiger partial charge in [-0.1, -0.05) is 6.92 Å². The zero-order valence-corrected chi connectivity index (χ0v) is 10.8. The van der Waals surface area contributed by atoms with Crippen LogP contribution < -0.4 is 10.6 Å². The van der Waals surface area contributed by atoms with Crippen molar-refractivity contribution in [3.8, 4) is 0 Å². The molecule has 0 aromatic rings. The summed E-state index contributed by atoms with van der Waals surface area (Å²) in [6.07, 6.45) is 0.972. The fourth-order valence-electron chi connectivity index (χ4n) is 1.15. The first-order chi connectivity index (χ1) is 7.38. The number of hydrogen-bond donors (Lipinski definition) is 2. The van der Waals surface area contributed by atoms with Crippen molar-refractivity contribution < 1.29 is 9.59 Å². The molecule has 0 aliphatic heterocycles. The van der Waals surface area contributed by atoms with Crippen molar-refractivity contribution in [2.45, 2.75) is 39.3 Å². The molecule has 0 aliphatic rings. The highest BCUT2D eigenvalue weighted by atomic mass is 16.2. The molecule has 94 valence electrons. The van der Waals surface area contributed by atoms with E-state index < -0.39 is 6.04 Å². The van der Waals surface area contributed by atoms with Gasteiger partial charge in [0.1, 0.15) is 6.04 Å². The monoisotopic (exact) mass is 229 g/mol. The molecule has 2 amide bonds. The first-order valence-electron chi connectivity index (χ1n) is 5.62. The Morgan fingerprint density at radius 1 is 1.25 bits per heavy atom. The lowest BCUT2D eigenvalue weighted by atomic mass is 10.2. The van der Waals surface area contributed by atoms with Gasteiger partial charge < -0.3 is 15.5 Å². The average molecular weight is 229 g/mol. The quantitative estimate of drug-likeness (QED) is 0.672. The lowest BCUT2D eigenvalue weighted by molar-refractivity contribution is -0.133. The molecule has 2 N–H and O–H groups in total. The molecule has 0 aromatic carbocycles. The molecule has 0 radical (unpaired) electrons. The smallest absolute Gasteiger partial charge is 0.244 e. The predicted molar refractivity (Wildman–Crippen MR) is 64.1 cm³/mol. The molecule has 2 atom stereocenters. The Labute approximate surface area is 97.6 Å². The van der Waals surface area contributed by atoms with Gasteiger partial charge in [-0.2, -0.15) is 0 Å². The predicted octanol–water partition coefficient (Wildman–Crippen LogP) is -0.0326. The van der Waals surface area contributed by atoms with Crippen LogP contribution in [0.25, 0.3) is 0 Å². The minimum Gasteiger partial charge on any atom is -0.347 e. The Bertz CT molecular complexity index is 241. The molecule has 0 aliphatic carbocycles. The highest BCUT2D eigenvalue weighted by molar-refractivity contribution is 5.87. The maximum atomic E-state index is 11.5. The molecule has 5 nitrogen and oxygen atoms in total. The lowest BCUT2D eigenvalue weighted by Gasteiger charge is -2.18. The molecule has 0 saturated carbocycles. The van der Waals surface area contributed by atoms with E-state index in [4.69, 9.17) is 0 Å². The summed E-state index contributed by atoms with van der Waals surface area (Å²) in [4.78, 5) is 24.4. The molecule has 0 aromatic heterocycles. The molecule has 0 saturated heterocycles. The standard InChI is InChI=1S/C11H23N3O2/c1-6-8(2)12-7-10(15)13-9(3)11(16)14(4)5/h8-9,12H,6-7H2,1-5H3,(H,13,15). The van der Waals surface area contributed by atoms with Crippen LogP contribution in [-0.2, 0) is 9.59 Å². The van der Waals surface area contributed by atoms with Crippen molar-refractivity contribution in [2.24, 2.45) is 0 Å². The molecular weight excluding hydrogens is 206 g/mol. The molecular formula is C11H23N3O2. The second kappa shape index (κ2) is 7.22. The van der Waals surface area contributed by atoms with Gasteiger partial charge in [0.15, 0.2) is 0 Å². The van der Waals surface area contributed by atoms with Crippen molar-refractivity contribution in [2.75, 3.05) is 20.6 Å². The van der Waals surface area contributed by atoms with Crippen LogP contribution >= 0.6 is 0 Å². The highest BCUT2D eigenvalue weighted by Gasteiger charge is 2.16. The number of carbonyl (C=O) groups is 2. The van der Waals surface area contributed by atoms with Crippen LogP contribution in [0.2, 0.25) is 0 Å². The minimum absolute atomic E-state index is 0.100. The van der Waals surface area contributed by atoms with Gasteiger partial charge in [0, 0.05) is 20.1 Å². The summed E-state index contributed by atoms with van der Waals surface area (Å²) < 4.78 is 0. The van der Waals surface area contributed by atoms with E-state index >= 15 is 0 Å². The average Bonchev–Trinajstić information content (AvgIpc) is 2.24. The molecule has 0 heterocycles. The summed E-state index contributed by atoms with van der Waals surface area (Å²) in [7, 11) is 3.34. The van der Waals surface area contributed by atoms with Crippen LogP contribution in [0.1, 0.15) is 27.2 Å². The van der Waals surface area contributed by atoms with Crippen LogP contribution in [0, 0.1) is 0 Å². The van der Waals surface area contributed by atoms with Gasteiger partial charge in [0.2, 0.25) is 11.8 Å². The number of hydrogen-bond acceptors (Lipinski definition) is 3. The SMILES string of the molecule is CCC(C)NCC(=O)NC(C)C(=O)N(C)C. The first kappa shape index (κ1) is 14.9. The van der Waals surface area contributed by atoms with Gasteiger partial charge in [0.25, 0.3) is 0 Å². The maximum Gasteiger partial charge on any atom is 0.244 e. The van der Waals surface area contributed by atoms with E-state index in [0.29, 0.717) is 6.04 Å². The first-order valence-corrected chi connectivity index (χ1v) is 5.62. The van der Waals surface area contributed by atoms with Crippen molar-refractivity contribution in [3.05, 3.63) is 0 Å². The van der Waals surface area contributed by atoms with Gasteiger partial charge in [0.05, 0.1) is 6.54 Å². The molecule has 2 unspecified atom stereocenters. The summed E-state index contributed by atoms with van der Waals surface area (Å²) in [5.74, 6) is -0.250. The van der Waals surface area contributed by atoms with Crippen LogP contribution in [0.15, 0.2) is 0 Å². The lowest BCUT2D eigenvalue weighted by Crippen LogP contribution is -2.47. The van der Waals surface area contributed by atoms with Crippen molar-refractivity contribution in [1.82, 2.24) is 15.5 Å². The minimum atomic E-state index is -0.471. The van der Waals surface area contributed by atoms with E-state index in [2.05, 4.69) is 10.6 Å². The zero-order chi connectivity index (χ0) is 12.7. The summed E-state index contributed by atoms with van der Waals surface area (Å²) in [6, 6.07) is -0.160. The van der Waals surface area contributed by atoms with Gasteiger partial charge in [-0.15, -0.1) is 0 Å². The Morgan fingerprint density at radius 3 is 2.25 bits per heavy atom. The van der Waals surface area contributed by atoms with Crippen LogP contribution in [0.5, 0.6) is 0 Å². The summed E-state index contributed by atoms with van der Waals surface area (Å²) in [5, 5.41) is 5.72. The highest BCUT2D eigenvalue weighted by Crippen LogP contribution is 1.89. The second-order valence-electron chi connectivity index (χ2n) is 4.21. The third kappa shape index (κ3) is 5.70. The summed E-state index contributed by atoms with van der Waals surface area (Å²) >= 11 is 0.